The Morgan fingerprint density at radius 2 is 0.893 bits per heavy atom. The van der Waals surface area contributed by atoms with Gasteiger partial charge in [-0.2, -0.15) is 0 Å². The van der Waals surface area contributed by atoms with E-state index in [-0.39, 0.29) is 31.4 Å². The van der Waals surface area contributed by atoms with Crippen molar-refractivity contribution < 1.29 is 23.4 Å². The first-order valence-corrected chi connectivity index (χ1v) is 21.3. The Balaban J connectivity index is 1.44. The van der Waals surface area contributed by atoms with Crippen LogP contribution in [0.15, 0.2) is 182 Å². The monoisotopic (exact) mass is 763 g/mol. The van der Waals surface area contributed by atoms with Crippen LogP contribution in [-0.4, -0.2) is 44.2 Å². The highest BCUT2D eigenvalue weighted by Gasteiger charge is 2.51. The van der Waals surface area contributed by atoms with Gasteiger partial charge in [0.05, 0.1) is 26.4 Å². The van der Waals surface area contributed by atoms with Crippen molar-refractivity contribution in [3.05, 3.63) is 209 Å². The molecule has 6 aromatic rings. The molecular formula is C49H53NO5Si. The number of hydrogen-bond donors (Lipinski definition) is 0. The average Bonchev–Trinajstić information content (AvgIpc) is 3.23. The molecule has 6 nitrogen and oxygen atoms in total. The predicted octanol–water partition coefficient (Wildman–Crippen LogP) is 9.10. The summed E-state index contributed by atoms with van der Waals surface area (Å²) in [5, 5.41) is 16.0. The van der Waals surface area contributed by atoms with Crippen LogP contribution in [0, 0.1) is 5.21 Å². The Morgan fingerprint density at radius 1 is 0.518 bits per heavy atom. The molecule has 0 N–H and O–H groups in total. The summed E-state index contributed by atoms with van der Waals surface area (Å²) in [4.78, 5) is 0. The van der Waals surface area contributed by atoms with Gasteiger partial charge in [-0.1, -0.05) is 203 Å². The summed E-state index contributed by atoms with van der Waals surface area (Å²) in [5.41, 5.74) is 3.90. The number of rotatable bonds is 19. The van der Waals surface area contributed by atoms with Crippen LogP contribution in [0.4, 0.5) is 0 Å². The SMILES string of the molecule is CC(C)(C)[Si](OCC(OCc1ccccc1)C(OCc1ccccc1)C(/C=[N+](\[O-])Cc1ccccc1)OCc1ccccc1)(c1ccccc1)c1ccccc1. The predicted molar refractivity (Wildman–Crippen MR) is 228 cm³/mol. The molecule has 0 fully saturated rings. The molecule has 0 radical (unpaired) electrons. The van der Waals surface area contributed by atoms with Crippen molar-refractivity contribution in [3.8, 4) is 0 Å². The summed E-state index contributed by atoms with van der Waals surface area (Å²) in [6, 6.07) is 61.1. The number of benzene rings is 6. The second-order valence-corrected chi connectivity index (χ2v) is 19.3. The van der Waals surface area contributed by atoms with Crippen molar-refractivity contribution in [1.82, 2.24) is 0 Å². The van der Waals surface area contributed by atoms with Crippen LogP contribution in [0.5, 0.6) is 0 Å². The van der Waals surface area contributed by atoms with Crippen LogP contribution in [0.3, 0.4) is 0 Å². The highest BCUT2D eigenvalue weighted by molar-refractivity contribution is 6.99. The molecule has 56 heavy (non-hydrogen) atoms. The summed E-state index contributed by atoms with van der Waals surface area (Å²) in [6.45, 7) is 8.02. The van der Waals surface area contributed by atoms with E-state index in [1.807, 2.05) is 121 Å². The molecule has 3 atom stereocenters. The van der Waals surface area contributed by atoms with Crippen molar-refractivity contribution in [2.75, 3.05) is 6.61 Å². The van der Waals surface area contributed by atoms with E-state index in [1.165, 1.54) is 10.4 Å². The summed E-state index contributed by atoms with van der Waals surface area (Å²) >= 11 is 0. The fourth-order valence-corrected chi connectivity index (χ4v) is 11.7. The van der Waals surface area contributed by atoms with Gasteiger partial charge in [-0.15, -0.1) is 0 Å². The van der Waals surface area contributed by atoms with Crippen molar-refractivity contribution in [2.45, 2.75) is 70.5 Å². The van der Waals surface area contributed by atoms with Crippen molar-refractivity contribution in [2.24, 2.45) is 0 Å². The molecule has 3 unspecified atom stereocenters. The first-order valence-electron chi connectivity index (χ1n) is 19.4. The maximum Gasteiger partial charge on any atom is 0.261 e. The van der Waals surface area contributed by atoms with Gasteiger partial charge in [0, 0.05) is 5.56 Å². The van der Waals surface area contributed by atoms with Gasteiger partial charge >= 0.3 is 0 Å². The van der Waals surface area contributed by atoms with Crippen LogP contribution in [-0.2, 0) is 45.0 Å². The molecule has 288 valence electrons. The smallest absolute Gasteiger partial charge is 0.261 e. The summed E-state index contributed by atoms with van der Waals surface area (Å²) in [5.74, 6) is 0. The Labute approximate surface area is 333 Å². The molecule has 6 rings (SSSR count). The molecule has 0 spiro atoms. The van der Waals surface area contributed by atoms with Gasteiger partial charge in [0.1, 0.15) is 12.2 Å². The van der Waals surface area contributed by atoms with Gasteiger partial charge in [0.15, 0.2) is 18.9 Å². The van der Waals surface area contributed by atoms with E-state index >= 15 is 0 Å². The molecule has 0 saturated heterocycles. The minimum absolute atomic E-state index is 0.158. The van der Waals surface area contributed by atoms with Crippen LogP contribution in [0.1, 0.15) is 43.0 Å². The lowest BCUT2D eigenvalue weighted by molar-refractivity contribution is -0.473. The number of ether oxygens (including phenoxy) is 3. The zero-order valence-electron chi connectivity index (χ0n) is 32.7. The number of hydrogen-bond acceptors (Lipinski definition) is 5. The van der Waals surface area contributed by atoms with Gasteiger partial charge in [0.25, 0.3) is 8.32 Å². The van der Waals surface area contributed by atoms with E-state index in [4.69, 9.17) is 18.6 Å². The highest BCUT2D eigenvalue weighted by atomic mass is 28.4. The average molecular weight is 764 g/mol. The molecule has 0 aliphatic rings. The van der Waals surface area contributed by atoms with Crippen LogP contribution in [0.2, 0.25) is 5.04 Å². The van der Waals surface area contributed by atoms with Crippen LogP contribution >= 0.6 is 0 Å². The van der Waals surface area contributed by atoms with E-state index in [9.17, 15) is 5.21 Å². The second kappa shape index (κ2) is 20.1. The van der Waals surface area contributed by atoms with E-state index < -0.39 is 26.6 Å². The third-order valence-electron chi connectivity index (χ3n) is 9.94. The van der Waals surface area contributed by atoms with Gasteiger partial charge < -0.3 is 23.8 Å². The fraction of sp³-hybridized carbons (Fsp3) is 0.245. The Kier molecular flexibility index (Phi) is 14.6. The van der Waals surface area contributed by atoms with Crippen LogP contribution < -0.4 is 10.4 Å². The highest BCUT2D eigenvalue weighted by Crippen LogP contribution is 2.37. The summed E-state index contributed by atoms with van der Waals surface area (Å²) in [6.07, 6.45) is -0.590. The third kappa shape index (κ3) is 11.0. The summed E-state index contributed by atoms with van der Waals surface area (Å²) in [7, 11) is -3.00. The lowest BCUT2D eigenvalue weighted by Gasteiger charge is -2.44. The van der Waals surface area contributed by atoms with Gasteiger partial charge in [-0.25, -0.2) is 4.74 Å². The third-order valence-corrected chi connectivity index (χ3v) is 14.9. The Hall–Kier alpha value is -5.15. The molecule has 0 aromatic heterocycles. The second-order valence-electron chi connectivity index (χ2n) is 15.0. The van der Waals surface area contributed by atoms with Crippen molar-refractivity contribution in [1.29, 1.82) is 0 Å². The quantitative estimate of drug-likeness (QED) is 0.0271. The van der Waals surface area contributed by atoms with Gasteiger partial charge in [0.2, 0.25) is 0 Å². The van der Waals surface area contributed by atoms with Crippen molar-refractivity contribution in [3.63, 3.8) is 0 Å². The van der Waals surface area contributed by atoms with Crippen molar-refractivity contribution >= 4 is 24.9 Å². The van der Waals surface area contributed by atoms with E-state index in [0.717, 1.165) is 27.0 Å². The maximum atomic E-state index is 13.9. The molecule has 7 heteroatoms. The zero-order valence-corrected chi connectivity index (χ0v) is 33.7. The normalized spacial score (nSPS) is 13.9. The molecule has 0 aliphatic carbocycles. The summed E-state index contributed by atoms with van der Waals surface area (Å²) < 4.78 is 29.1. The minimum atomic E-state index is -3.00. The van der Waals surface area contributed by atoms with Gasteiger partial charge in [-0.05, 0) is 32.1 Å². The molecule has 0 bridgehead atoms. The topological polar surface area (TPSA) is 63.0 Å². The molecule has 0 aliphatic heterocycles. The van der Waals surface area contributed by atoms with E-state index in [0.29, 0.717) is 6.61 Å². The molecule has 6 aromatic carbocycles. The first-order chi connectivity index (χ1) is 27.3. The number of nitrogens with zero attached hydrogens (tertiary/aromatic N) is 1. The molecule has 0 saturated carbocycles. The Bertz CT molecular complexity index is 1990. The minimum Gasteiger partial charge on any atom is -0.624 e. The first kappa shape index (κ1) is 40.5. The zero-order chi connectivity index (χ0) is 39.1. The largest absolute Gasteiger partial charge is 0.624 e. The molecule has 0 heterocycles. The lowest BCUT2D eigenvalue weighted by Crippen LogP contribution is -2.67. The number of hydroxylamine groups is 1. The fourth-order valence-electron chi connectivity index (χ4n) is 7.13. The standard InChI is InChI=1S/C49H53NO5Si/c1-49(2,3)56(44-30-18-8-19-31-44,45-32-20-9-21-33-45)55-39-47(53-37-42-26-14-6-15-27-42)48(54-38-43-28-16-7-17-29-43)46(52-36-41-24-12-5-13-25-41)35-50(51)34-40-22-10-4-11-23-40/h4-33,35,46-48H,34,36-39H2,1-3H3/b50-35-. The lowest BCUT2D eigenvalue weighted by atomic mass is 10.1. The maximum absolute atomic E-state index is 13.9. The van der Waals surface area contributed by atoms with E-state index in [2.05, 4.69) is 81.4 Å². The van der Waals surface area contributed by atoms with E-state index in [1.54, 1.807) is 6.21 Å². The van der Waals surface area contributed by atoms with Crippen LogP contribution in [0.25, 0.3) is 0 Å². The molecule has 0 amide bonds. The molecular weight excluding hydrogens is 711 g/mol. The Morgan fingerprint density at radius 3 is 1.32 bits per heavy atom. The van der Waals surface area contributed by atoms with Gasteiger partial charge in [-0.3, -0.25) is 0 Å².